The van der Waals surface area contributed by atoms with Gasteiger partial charge in [-0.25, -0.2) is 0 Å². The molecule has 0 rings (SSSR count). The van der Waals surface area contributed by atoms with Crippen LogP contribution in [0.2, 0.25) is 0 Å². The molecule has 0 heterocycles. The van der Waals surface area contributed by atoms with Gasteiger partial charge in [-0.3, -0.25) is 4.79 Å². The van der Waals surface area contributed by atoms with Crippen LogP contribution in [0.15, 0.2) is 0 Å². The van der Waals surface area contributed by atoms with Gasteiger partial charge in [-0.05, 0) is 12.7 Å². The van der Waals surface area contributed by atoms with Gasteiger partial charge < -0.3 is 4.74 Å². The molecule has 4 heteroatoms. The van der Waals surface area contributed by atoms with Gasteiger partial charge in [-0.15, -0.1) is 11.8 Å². The zero-order chi connectivity index (χ0) is 9.40. The molecule has 12 heavy (non-hydrogen) atoms. The van der Waals surface area contributed by atoms with Crippen molar-refractivity contribution in [2.24, 2.45) is 0 Å². The van der Waals surface area contributed by atoms with Crippen molar-refractivity contribution in [1.29, 1.82) is 0 Å². The van der Waals surface area contributed by atoms with E-state index in [4.69, 9.17) is 0 Å². The summed E-state index contributed by atoms with van der Waals surface area (Å²) in [5, 5.41) is -0.0209. The number of ether oxygens (including phenoxy) is 1. The highest BCUT2D eigenvalue weighted by atomic mass is 32.2. The Kier molecular flexibility index (Phi) is 7.91. The fraction of sp³-hybridized carbons (Fsp3) is 0.875. The number of hydrogen-bond donors (Lipinski definition) is 0. The van der Waals surface area contributed by atoms with Crippen molar-refractivity contribution in [3.63, 3.8) is 0 Å². The number of hydrogen-bond acceptors (Lipinski definition) is 4. The highest BCUT2D eigenvalue weighted by Gasteiger charge is 2.12. The summed E-state index contributed by atoms with van der Waals surface area (Å²) in [6, 6.07) is 0. The summed E-state index contributed by atoms with van der Waals surface area (Å²) in [5.41, 5.74) is 0. The maximum absolute atomic E-state index is 10.9. The third-order valence-corrected chi connectivity index (χ3v) is 3.62. The molecule has 0 aromatic carbocycles. The number of esters is 1. The van der Waals surface area contributed by atoms with Gasteiger partial charge in [-0.1, -0.05) is 6.92 Å². The maximum Gasteiger partial charge on any atom is 0.318 e. The zero-order valence-corrected chi connectivity index (χ0v) is 9.46. The lowest BCUT2D eigenvalue weighted by molar-refractivity contribution is -0.139. The standard InChI is InChI=1S/C8H16O2S2/c1-4-11-5-6-12-7(2)8(9)10-3/h7H,4-6H2,1-3H3/t7-/m0/s1. The Bertz CT molecular complexity index is 128. The smallest absolute Gasteiger partial charge is 0.318 e. The normalized spacial score (nSPS) is 12.6. The molecule has 0 saturated carbocycles. The van der Waals surface area contributed by atoms with Crippen LogP contribution in [-0.2, 0) is 9.53 Å². The second-order valence-electron chi connectivity index (χ2n) is 2.23. The lowest BCUT2D eigenvalue weighted by atomic mass is 10.5. The predicted molar refractivity (Wildman–Crippen MR) is 56.9 cm³/mol. The summed E-state index contributed by atoms with van der Waals surface area (Å²) >= 11 is 3.55. The van der Waals surface area contributed by atoms with Crippen molar-refractivity contribution in [1.82, 2.24) is 0 Å². The van der Waals surface area contributed by atoms with E-state index in [0.29, 0.717) is 0 Å². The van der Waals surface area contributed by atoms with Crippen molar-refractivity contribution in [2.45, 2.75) is 19.1 Å². The highest BCUT2D eigenvalue weighted by Crippen LogP contribution is 2.13. The summed E-state index contributed by atoms with van der Waals surface area (Å²) < 4.78 is 4.60. The first kappa shape index (κ1) is 12.2. The summed E-state index contributed by atoms with van der Waals surface area (Å²) in [6.07, 6.45) is 0. The largest absolute Gasteiger partial charge is 0.468 e. The lowest BCUT2D eigenvalue weighted by Crippen LogP contribution is -2.15. The Morgan fingerprint density at radius 3 is 2.67 bits per heavy atom. The van der Waals surface area contributed by atoms with Crippen LogP contribution in [0.1, 0.15) is 13.8 Å². The van der Waals surface area contributed by atoms with Crippen molar-refractivity contribution >= 4 is 29.5 Å². The predicted octanol–water partition coefficient (Wildman–Crippen LogP) is 2.03. The average molecular weight is 208 g/mol. The van der Waals surface area contributed by atoms with Crippen molar-refractivity contribution in [3.8, 4) is 0 Å². The van der Waals surface area contributed by atoms with Crippen LogP contribution < -0.4 is 0 Å². The molecule has 0 aromatic heterocycles. The van der Waals surface area contributed by atoms with Crippen molar-refractivity contribution < 1.29 is 9.53 Å². The Hall–Kier alpha value is 0.170. The number of rotatable bonds is 6. The van der Waals surface area contributed by atoms with Crippen LogP contribution in [0.5, 0.6) is 0 Å². The minimum absolute atomic E-state index is 0.0209. The van der Waals surface area contributed by atoms with E-state index >= 15 is 0 Å². The summed E-state index contributed by atoms with van der Waals surface area (Å²) in [7, 11) is 1.43. The molecular weight excluding hydrogens is 192 g/mol. The summed E-state index contributed by atoms with van der Waals surface area (Å²) in [6.45, 7) is 4.02. The van der Waals surface area contributed by atoms with E-state index in [2.05, 4.69) is 11.7 Å². The zero-order valence-electron chi connectivity index (χ0n) is 7.83. The Morgan fingerprint density at radius 2 is 2.17 bits per heavy atom. The molecule has 1 atom stereocenters. The molecule has 0 spiro atoms. The van der Waals surface area contributed by atoms with Crippen molar-refractivity contribution in [3.05, 3.63) is 0 Å². The van der Waals surface area contributed by atoms with Crippen molar-refractivity contribution in [2.75, 3.05) is 24.4 Å². The summed E-state index contributed by atoms with van der Waals surface area (Å²) in [5.74, 6) is 3.16. The molecule has 0 saturated heterocycles. The van der Waals surface area contributed by atoms with Gasteiger partial charge in [0.15, 0.2) is 0 Å². The molecule has 0 bridgehead atoms. The van der Waals surface area contributed by atoms with Crippen LogP contribution in [0, 0.1) is 0 Å². The van der Waals surface area contributed by atoms with Gasteiger partial charge >= 0.3 is 5.97 Å². The first-order valence-corrected chi connectivity index (χ1v) is 6.19. The van der Waals surface area contributed by atoms with Crippen LogP contribution >= 0.6 is 23.5 Å². The average Bonchev–Trinajstić information content (AvgIpc) is 2.10. The molecule has 0 aromatic rings. The number of thioether (sulfide) groups is 2. The van der Waals surface area contributed by atoms with E-state index in [0.717, 1.165) is 17.3 Å². The molecule has 0 unspecified atom stereocenters. The molecule has 72 valence electrons. The second-order valence-corrected chi connectivity index (χ2v) is 5.08. The van der Waals surface area contributed by atoms with E-state index < -0.39 is 0 Å². The third-order valence-electron chi connectivity index (χ3n) is 1.33. The van der Waals surface area contributed by atoms with Crippen LogP contribution in [0.25, 0.3) is 0 Å². The molecule has 0 radical (unpaired) electrons. The molecule has 0 amide bonds. The van der Waals surface area contributed by atoms with E-state index in [1.54, 1.807) is 11.8 Å². The molecule has 0 aliphatic heterocycles. The monoisotopic (exact) mass is 208 g/mol. The van der Waals surface area contributed by atoms with Gasteiger partial charge in [0, 0.05) is 11.5 Å². The van der Waals surface area contributed by atoms with Gasteiger partial charge in [0.1, 0.15) is 0 Å². The van der Waals surface area contributed by atoms with Gasteiger partial charge in [-0.2, -0.15) is 11.8 Å². The first-order chi connectivity index (χ1) is 5.72. The topological polar surface area (TPSA) is 26.3 Å². The highest BCUT2D eigenvalue weighted by molar-refractivity contribution is 8.03. The minimum Gasteiger partial charge on any atom is -0.468 e. The van der Waals surface area contributed by atoms with E-state index in [1.165, 1.54) is 7.11 Å². The Morgan fingerprint density at radius 1 is 1.50 bits per heavy atom. The van der Waals surface area contributed by atoms with E-state index in [-0.39, 0.29) is 11.2 Å². The molecule has 0 fully saturated rings. The van der Waals surface area contributed by atoms with Crippen LogP contribution in [0.4, 0.5) is 0 Å². The molecule has 2 nitrogen and oxygen atoms in total. The Balaban J connectivity index is 3.31. The maximum atomic E-state index is 10.9. The summed E-state index contributed by atoms with van der Waals surface area (Å²) in [4.78, 5) is 10.9. The quantitative estimate of drug-likeness (QED) is 0.493. The molecule has 0 aliphatic rings. The first-order valence-electron chi connectivity index (χ1n) is 3.99. The number of methoxy groups -OCH3 is 1. The van der Waals surface area contributed by atoms with Crippen LogP contribution in [-0.4, -0.2) is 35.6 Å². The van der Waals surface area contributed by atoms with Gasteiger partial charge in [0.05, 0.1) is 12.4 Å². The van der Waals surface area contributed by atoms with Crippen LogP contribution in [0.3, 0.4) is 0 Å². The van der Waals surface area contributed by atoms with Gasteiger partial charge in [0.2, 0.25) is 0 Å². The van der Waals surface area contributed by atoms with E-state index in [9.17, 15) is 4.79 Å². The number of carbonyl (C=O) groups is 1. The van der Waals surface area contributed by atoms with E-state index in [1.807, 2.05) is 18.7 Å². The molecular formula is C8H16O2S2. The second kappa shape index (κ2) is 7.80. The van der Waals surface area contributed by atoms with Gasteiger partial charge in [0.25, 0.3) is 0 Å². The number of carbonyl (C=O) groups excluding carboxylic acids is 1. The third kappa shape index (κ3) is 5.77. The Labute approximate surface area is 82.8 Å². The fourth-order valence-corrected chi connectivity index (χ4v) is 2.39. The lowest BCUT2D eigenvalue weighted by Gasteiger charge is -2.07. The molecule has 0 N–H and O–H groups in total. The minimum atomic E-state index is -0.124. The SMILES string of the molecule is CCSCCS[C@@H](C)C(=O)OC. The molecule has 0 aliphatic carbocycles. The fourth-order valence-electron chi connectivity index (χ4n) is 0.662.